The lowest BCUT2D eigenvalue weighted by molar-refractivity contribution is 0.0950. The summed E-state index contributed by atoms with van der Waals surface area (Å²) in [5, 5.41) is 3.40. The predicted molar refractivity (Wildman–Crippen MR) is 161 cm³/mol. The Balaban J connectivity index is 1.21. The van der Waals surface area contributed by atoms with Crippen LogP contribution in [0, 0.1) is 18.6 Å². The van der Waals surface area contributed by atoms with Gasteiger partial charge in [0.05, 0.1) is 11.4 Å². The third-order valence-electron chi connectivity index (χ3n) is 7.68. The molecule has 3 heterocycles. The van der Waals surface area contributed by atoms with Crippen molar-refractivity contribution in [2.45, 2.75) is 20.0 Å². The van der Waals surface area contributed by atoms with Crippen molar-refractivity contribution in [1.29, 1.82) is 0 Å². The van der Waals surface area contributed by atoms with E-state index in [0.717, 1.165) is 55.9 Å². The Hall–Kier alpha value is -4.96. The normalized spacial score (nSPS) is 13.8. The molecule has 1 amide bonds. The van der Waals surface area contributed by atoms with Gasteiger partial charge in [-0.2, -0.15) is 4.98 Å². The van der Waals surface area contributed by atoms with Gasteiger partial charge in [0.15, 0.2) is 5.65 Å². The van der Waals surface area contributed by atoms with Crippen LogP contribution in [0.4, 0.5) is 14.7 Å². The zero-order valence-electron chi connectivity index (χ0n) is 23.6. The maximum atomic E-state index is 13.9. The second-order valence-electron chi connectivity index (χ2n) is 10.6. The number of pyridine rings is 1. The number of piperazine rings is 1. The van der Waals surface area contributed by atoms with E-state index in [2.05, 4.69) is 39.4 Å². The number of carbonyl (C=O) groups excluding carboxylic acids is 1. The van der Waals surface area contributed by atoms with E-state index in [9.17, 15) is 18.4 Å². The molecule has 10 heteroatoms. The first-order chi connectivity index (χ1) is 20.9. The zero-order chi connectivity index (χ0) is 29.9. The van der Waals surface area contributed by atoms with Gasteiger partial charge in [0.2, 0.25) is 5.95 Å². The maximum absolute atomic E-state index is 13.9. The second-order valence-corrected chi connectivity index (χ2v) is 10.6. The molecule has 3 aromatic carbocycles. The highest BCUT2D eigenvalue weighted by Gasteiger charge is 2.21. The number of hydrogen-bond donors (Lipinski definition) is 1. The smallest absolute Gasteiger partial charge is 0.256 e. The van der Waals surface area contributed by atoms with Gasteiger partial charge in [-0.3, -0.25) is 19.1 Å². The van der Waals surface area contributed by atoms with Crippen LogP contribution in [0.1, 0.15) is 27.2 Å². The lowest BCUT2D eigenvalue weighted by Crippen LogP contribution is -2.46. The fourth-order valence-electron chi connectivity index (χ4n) is 5.29. The summed E-state index contributed by atoms with van der Waals surface area (Å²) in [4.78, 5) is 40.0. The molecule has 2 aromatic heterocycles. The lowest BCUT2D eigenvalue weighted by atomic mass is 10.1. The molecule has 0 atom stereocenters. The van der Waals surface area contributed by atoms with Crippen molar-refractivity contribution in [3.05, 3.63) is 129 Å². The molecule has 1 aliphatic heterocycles. The minimum atomic E-state index is -0.725. The lowest BCUT2D eigenvalue weighted by Gasteiger charge is -2.35. The molecule has 0 aliphatic carbocycles. The number of nitrogens with one attached hydrogen (secondary N) is 1. The third kappa shape index (κ3) is 6.14. The molecule has 1 N–H and O–H groups in total. The minimum Gasteiger partial charge on any atom is -0.348 e. The van der Waals surface area contributed by atoms with E-state index in [1.165, 1.54) is 22.3 Å². The molecule has 0 saturated carbocycles. The highest BCUT2D eigenvalue weighted by molar-refractivity contribution is 5.94. The molecule has 1 aliphatic rings. The highest BCUT2D eigenvalue weighted by Crippen LogP contribution is 2.22. The molecule has 0 bridgehead atoms. The number of hydrogen-bond acceptors (Lipinski definition) is 6. The summed E-state index contributed by atoms with van der Waals surface area (Å²) in [6, 6.07) is 23.4. The van der Waals surface area contributed by atoms with E-state index in [0.29, 0.717) is 22.8 Å². The van der Waals surface area contributed by atoms with Crippen LogP contribution in [0.2, 0.25) is 0 Å². The summed E-state index contributed by atoms with van der Waals surface area (Å²) >= 11 is 0. The first-order valence-corrected chi connectivity index (χ1v) is 14.1. The van der Waals surface area contributed by atoms with Gasteiger partial charge in [-0.25, -0.2) is 13.8 Å². The van der Waals surface area contributed by atoms with E-state index in [4.69, 9.17) is 9.97 Å². The summed E-state index contributed by atoms with van der Waals surface area (Å²) in [7, 11) is 0. The van der Waals surface area contributed by atoms with Crippen LogP contribution in [0.15, 0.2) is 89.7 Å². The van der Waals surface area contributed by atoms with Crippen molar-refractivity contribution in [1.82, 2.24) is 24.8 Å². The Morgan fingerprint density at radius 2 is 1.63 bits per heavy atom. The average Bonchev–Trinajstić information content (AvgIpc) is 3.01. The van der Waals surface area contributed by atoms with E-state index < -0.39 is 17.5 Å². The molecular weight excluding hydrogens is 550 g/mol. The molecule has 8 nitrogen and oxygen atoms in total. The fraction of sp³-hybridized carbons (Fsp3) is 0.212. The van der Waals surface area contributed by atoms with Crippen molar-refractivity contribution >= 4 is 22.9 Å². The van der Waals surface area contributed by atoms with Crippen LogP contribution >= 0.6 is 0 Å². The Morgan fingerprint density at radius 1 is 0.884 bits per heavy atom. The van der Waals surface area contributed by atoms with E-state index in [1.807, 2.05) is 13.0 Å². The Kier molecular flexibility index (Phi) is 7.93. The van der Waals surface area contributed by atoms with E-state index >= 15 is 0 Å². The Morgan fingerprint density at radius 3 is 2.35 bits per heavy atom. The molecule has 6 rings (SSSR count). The van der Waals surface area contributed by atoms with Crippen molar-refractivity contribution in [2.75, 3.05) is 31.1 Å². The Labute approximate surface area is 247 Å². The highest BCUT2D eigenvalue weighted by atomic mass is 19.1. The molecule has 0 unspecified atom stereocenters. The molecule has 1 fully saturated rings. The molecule has 1 saturated heterocycles. The van der Waals surface area contributed by atoms with Gasteiger partial charge < -0.3 is 10.2 Å². The average molecular weight is 581 g/mol. The van der Waals surface area contributed by atoms with Crippen LogP contribution in [-0.2, 0) is 13.1 Å². The van der Waals surface area contributed by atoms with E-state index in [1.54, 1.807) is 30.3 Å². The van der Waals surface area contributed by atoms with Crippen LogP contribution in [-0.4, -0.2) is 51.5 Å². The van der Waals surface area contributed by atoms with Gasteiger partial charge >= 0.3 is 0 Å². The number of carbonyl (C=O) groups is 1. The first-order valence-electron chi connectivity index (χ1n) is 14.1. The quantitative estimate of drug-likeness (QED) is 0.303. The summed E-state index contributed by atoms with van der Waals surface area (Å²) in [5.41, 5.74) is 3.34. The standard InChI is InChI=1S/C33H30F2N6O2/c1-22-28-13-14-30(42)41(27-11-8-24(9-12-27)32(43)36-20-25-7-10-26(34)19-29(25)35)31(28)38-33(37-22)40-17-15-39(16-18-40)21-23-5-3-2-4-6-23/h2-14,19H,15-18,20-21H2,1H3,(H,36,43). The van der Waals surface area contributed by atoms with Gasteiger partial charge in [0, 0.05) is 67.9 Å². The van der Waals surface area contributed by atoms with Gasteiger partial charge in [0.25, 0.3) is 11.5 Å². The summed E-state index contributed by atoms with van der Waals surface area (Å²) in [5.74, 6) is -1.25. The van der Waals surface area contributed by atoms with Crippen LogP contribution < -0.4 is 15.8 Å². The van der Waals surface area contributed by atoms with Crippen LogP contribution in [0.5, 0.6) is 0 Å². The number of halogens is 2. The van der Waals surface area contributed by atoms with Gasteiger partial charge in [-0.05, 0) is 48.9 Å². The topological polar surface area (TPSA) is 83.4 Å². The maximum Gasteiger partial charge on any atom is 0.256 e. The third-order valence-corrected chi connectivity index (χ3v) is 7.68. The largest absolute Gasteiger partial charge is 0.348 e. The number of aromatic nitrogens is 3. The number of nitrogens with zero attached hydrogens (tertiary/aromatic N) is 5. The van der Waals surface area contributed by atoms with Crippen LogP contribution in [0.3, 0.4) is 0 Å². The van der Waals surface area contributed by atoms with Crippen molar-refractivity contribution in [3.63, 3.8) is 0 Å². The number of rotatable bonds is 7. The minimum absolute atomic E-state index is 0.0883. The molecule has 5 aromatic rings. The summed E-state index contributed by atoms with van der Waals surface area (Å²) < 4.78 is 28.6. The number of anilines is 1. The number of fused-ring (bicyclic) bond motifs is 1. The number of benzene rings is 3. The summed E-state index contributed by atoms with van der Waals surface area (Å²) in [6.07, 6.45) is 0. The predicted octanol–water partition coefficient (Wildman–Crippen LogP) is 4.62. The van der Waals surface area contributed by atoms with Crippen molar-refractivity contribution in [2.24, 2.45) is 0 Å². The zero-order valence-corrected chi connectivity index (χ0v) is 23.6. The summed E-state index contributed by atoms with van der Waals surface area (Å²) in [6.45, 7) is 5.98. The molecule has 43 heavy (non-hydrogen) atoms. The van der Waals surface area contributed by atoms with Crippen LogP contribution in [0.25, 0.3) is 16.7 Å². The van der Waals surface area contributed by atoms with Crippen molar-refractivity contribution in [3.8, 4) is 5.69 Å². The molecule has 218 valence electrons. The molecular formula is C33H30F2N6O2. The molecule has 0 radical (unpaired) electrons. The Bertz CT molecular complexity index is 1840. The fourth-order valence-corrected chi connectivity index (χ4v) is 5.29. The monoisotopic (exact) mass is 580 g/mol. The molecule has 0 spiro atoms. The first kappa shape index (κ1) is 28.2. The SMILES string of the molecule is Cc1nc(N2CCN(Cc3ccccc3)CC2)nc2c1ccc(=O)n2-c1ccc(C(=O)NCc2ccc(F)cc2F)cc1. The van der Waals surface area contributed by atoms with Crippen molar-refractivity contribution < 1.29 is 13.6 Å². The van der Waals surface area contributed by atoms with Gasteiger partial charge in [-0.1, -0.05) is 36.4 Å². The number of amides is 1. The van der Waals surface area contributed by atoms with Gasteiger partial charge in [0.1, 0.15) is 11.6 Å². The van der Waals surface area contributed by atoms with E-state index in [-0.39, 0.29) is 17.7 Å². The second kappa shape index (κ2) is 12.1. The van der Waals surface area contributed by atoms with Gasteiger partial charge in [-0.15, -0.1) is 0 Å². The number of aryl methyl sites for hydroxylation is 1.